The fourth-order valence-corrected chi connectivity index (χ4v) is 2.09. The van der Waals surface area contributed by atoms with Crippen molar-refractivity contribution in [3.05, 3.63) is 16.5 Å². The third-order valence-corrected chi connectivity index (χ3v) is 2.77. The largest absolute Gasteiger partial charge is 0.358 e. The Hall–Kier alpha value is -1.50. The second-order valence-corrected chi connectivity index (χ2v) is 4.58. The topological polar surface area (TPSA) is 84.0 Å². The summed E-state index contributed by atoms with van der Waals surface area (Å²) >= 11 is 3.26. The van der Waals surface area contributed by atoms with Crippen LogP contribution in [0.4, 0.5) is 5.82 Å². The second kappa shape index (κ2) is 4.79. The zero-order valence-electron chi connectivity index (χ0n) is 9.16. The number of rotatable bonds is 2. The van der Waals surface area contributed by atoms with Gasteiger partial charge in [0.15, 0.2) is 0 Å². The fraction of sp³-hybridized carbons (Fsp3) is 0.400. The summed E-state index contributed by atoms with van der Waals surface area (Å²) in [5.74, 6) is 0.634. The summed E-state index contributed by atoms with van der Waals surface area (Å²) in [7, 11) is 0. The maximum Gasteiger partial charge on any atom is 0.249 e. The van der Waals surface area contributed by atoms with Crippen LogP contribution in [-0.4, -0.2) is 27.8 Å². The smallest absolute Gasteiger partial charge is 0.249 e. The van der Waals surface area contributed by atoms with E-state index in [0.717, 1.165) is 0 Å². The van der Waals surface area contributed by atoms with Gasteiger partial charge in [-0.1, -0.05) is 0 Å². The van der Waals surface area contributed by atoms with Gasteiger partial charge >= 0.3 is 0 Å². The number of aryl methyl sites for hydroxylation is 1. The molecule has 6 nitrogen and oxygen atoms in total. The lowest BCUT2D eigenvalue weighted by Gasteiger charge is -2.22. The first-order valence-electron chi connectivity index (χ1n) is 5.16. The molecule has 1 aromatic rings. The SMILES string of the molecule is Cc1nc(Br)cc(NC2CCC(=O)NC2=O)n1. The van der Waals surface area contributed by atoms with Crippen molar-refractivity contribution in [3.8, 4) is 0 Å². The molecule has 0 aromatic carbocycles. The molecule has 1 aromatic heterocycles. The maximum absolute atomic E-state index is 11.5. The molecule has 0 bridgehead atoms. The molecule has 1 aliphatic rings. The van der Waals surface area contributed by atoms with E-state index in [1.165, 1.54) is 0 Å². The van der Waals surface area contributed by atoms with Crippen molar-refractivity contribution in [2.45, 2.75) is 25.8 Å². The second-order valence-electron chi connectivity index (χ2n) is 3.77. The lowest BCUT2D eigenvalue weighted by atomic mass is 10.1. The molecule has 2 rings (SSSR count). The number of carbonyl (C=O) groups excluding carboxylic acids is 2. The summed E-state index contributed by atoms with van der Waals surface area (Å²) in [6, 6.07) is 1.27. The van der Waals surface area contributed by atoms with Crippen molar-refractivity contribution in [2.75, 3.05) is 5.32 Å². The minimum Gasteiger partial charge on any atom is -0.358 e. The van der Waals surface area contributed by atoms with Crippen LogP contribution in [0.25, 0.3) is 0 Å². The van der Waals surface area contributed by atoms with E-state index < -0.39 is 6.04 Å². The number of aromatic nitrogens is 2. The van der Waals surface area contributed by atoms with Crippen LogP contribution in [-0.2, 0) is 9.59 Å². The monoisotopic (exact) mass is 298 g/mol. The van der Waals surface area contributed by atoms with Crippen LogP contribution in [0.5, 0.6) is 0 Å². The number of piperidine rings is 1. The van der Waals surface area contributed by atoms with Crippen molar-refractivity contribution < 1.29 is 9.59 Å². The summed E-state index contributed by atoms with van der Waals surface area (Å²) in [5, 5.41) is 5.27. The van der Waals surface area contributed by atoms with Gasteiger partial charge in [0, 0.05) is 12.5 Å². The third kappa shape index (κ3) is 3.00. The molecular formula is C10H11BrN4O2. The molecule has 1 atom stereocenters. The number of carbonyl (C=O) groups is 2. The van der Waals surface area contributed by atoms with Gasteiger partial charge in [-0.15, -0.1) is 0 Å². The van der Waals surface area contributed by atoms with Crippen molar-refractivity contribution in [1.82, 2.24) is 15.3 Å². The van der Waals surface area contributed by atoms with Crippen LogP contribution in [0.3, 0.4) is 0 Å². The zero-order valence-corrected chi connectivity index (χ0v) is 10.7. The van der Waals surface area contributed by atoms with E-state index in [0.29, 0.717) is 29.1 Å². The van der Waals surface area contributed by atoms with Gasteiger partial charge in [-0.3, -0.25) is 14.9 Å². The molecule has 1 aliphatic heterocycles. The van der Waals surface area contributed by atoms with Crippen LogP contribution in [0, 0.1) is 6.92 Å². The standard InChI is InChI=1S/C10H11BrN4O2/c1-5-12-7(11)4-8(13-5)14-6-2-3-9(16)15-10(6)17/h4,6H,2-3H2,1H3,(H,12,13,14)(H,15,16,17). The van der Waals surface area contributed by atoms with E-state index in [9.17, 15) is 9.59 Å². The summed E-state index contributed by atoms with van der Waals surface area (Å²) in [4.78, 5) is 30.7. The Balaban J connectivity index is 2.10. The molecule has 0 spiro atoms. The van der Waals surface area contributed by atoms with E-state index in [4.69, 9.17) is 0 Å². The maximum atomic E-state index is 11.5. The van der Waals surface area contributed by atoms with Gasteiger partial charge in [-0.05, 0) is 29.3 Å². The molecule has 1 saturated heterocycles. The van der Waals surface area contributed by atoms with Crippen molar-refractivity contribution in [3.63, 3.8) is 0 Å². The summed E-state index contributed by atoms with van der Waals surface area (Å²) in [6.45, 7) is 1.76. The number of amides is 2. The lowest BCUT2D eigenvalue weighted by molar-refractivity contribution is -0.133. The van der Waals surface area contributed by atoms with Crippen LogP contribution < -0.4 is 10.6 Å². The fourth-order valence-electron chi connectivity index (χ4n) is 1.61. The Kier molecular flexibility index (Phi) is 3.37. The Labute approximate surface area is 106 Å². The average molecular weight is 299 g/mol. The molecular weight excluding hydrogens is 288 g/mol. The highest BCUT2D eigenvalue weighted by molar-refractivity contribution is 9.10. The highest BCUT2D eigenvalue weighted by atomic mass is 79.9. The lowest BCUT2D eigenvalue weighted by Crippen LogP contribution is -2.47. The molecule has 2 N–H and O–H groups in total. The van der Waals surface area contributed by atoms with Gasteiger partial charge in [0.05, 0.1) is 0 Å². The highest BCUT2D eigenvalue weighted by Crippen LogP contribution is 2.15. The van der Waals surface area contributed by atoms with Crippen LogP contribution in [0.2, 0.25) is 0 Å². The quantitative estimate of drug-likeness (QED) is 0.622. The predicted octanol–water partition coefficient (Wildman–Crippen LogP) is 0.765. The van der Waals surface area contributed by atoms with Crippen molar-refractivity contribution in [1.29, 1.82) is 0 Å². The predicted molar refractivity (Wildman–Crippen MR) is 64.3 cm³/mol. The Morgan fingerprint density at radius 1 is 1.47 bits per heavy atom. The number of nitrogens with one attached hydrogen (secondary N) is 2. The van der Waals surface area contributed by atoms with Gasteiger partial charge in [0.2, 0.25) is 11.8 Å². The number of hydrogen-bond donors (Lipinski definition) is 2. The molecule has 0 aliphatic carbocycles. The number of nitrogens with zero attached hydrogens (tertiary/aromatic N) is 2. The van der Waals surface area contributed by atoms with Crippen molar-refractivity contribution in [2.24, 2.45) is 0 Å². The molecule has 0 saturated carbocycles. The minimum absolute atomic E-state index is 0.229. The average Bonchev–Trinajstić information content (AvgIpc) is 2.21. The van der Waals surface area contributed by atoms with Gasteiger partial charge in [0.1, 0.15) is 22.3 Å². The molecule has 1 unspecified atom stereocenters. The van der Waals surface area contributed by atoms with Crippen LogP contribution >= 0.6 is 15.9 Å². The van der Waals surface area contributed by atoms with Crippen LogP contribution in [0.15, 0.2) is 10.7 Å². The Morgan fingerprint density at radius 2 is 2.24 bits per heavy atom. The first-order chi connectivity index (χ1) is 8.04. The minimum atomic E-state index is -0.422. The van der Waals surface area contributed by atoms with Gasteiger partial charge in [0.25, 0.3) is 0 Å². The summed E-state index contributed by atoms with van der Waals surface area (Å²) < 4.78 is 0.653. The Bertz CT molecular complexity index is 457. The van der Waals surface area contributed by atoms with Crippen molar-refractivity contribution >= 4 is 33.6 Å². The van der Waals surface area contributed by atoms with E-state index >= 15 is 0 Å². The summed E-state index contributed by atoms with van der Waals surface area (Å²) in [6.07, 6.45) is 0.819. The van der Waals surface area contributed by atoms with Gasteiger partial charge < -0.3 is 5.32 Å². The first kappa shape index (κ1) is 12.0. The molecule has 90 valence electrons. The zero-order chi connectivity index (χ0) is 12.4. The number of imide groups is 1. The Morgan fingerprint density at radius 3 is 2.88 bits per heavy atom. The number of hydrogen-bond acceptors (Lipinski definition) is 5. The molecule has 7 heteroatoms. The van der Waals surface area contributed by atoms with Crippen LogP contribution in [0.1, 0.15) is 18.7 Å². The van der Waals surface area contributed by atoms with E-state index in [1.54, 1.807) is 13.0 Å². The molecule has 0 radical (unpaired) electrons. The first-order valence-corrected chi connectivity index (χ1v) is 5.95. The number of anilines is 1. The molecule has 2 heterocycles. The highest BCUT2D eigenvalue weighted by Gasteiger charge is 2.26. The molecule has 1 fully saturated rings. The normalized spacial score (nSPS) is 20.0. The summed E-state index contributed by atoms with van der Waals surface area (Å²) in [5.41, 5.74) is 0. The number of halogens is 1. The van der Waals surface area contributed by atoms with E-state index in [-0.39, 0.29) is 11.8 Å². The van der Waals surface area contributed by atoms with E-state index in [2.05, 4.69) is 36.5 Å². The molecule has 17 heavy (non-hydrogen) atoms. The van der Waals surface area contributed by atoms with E-state index in [1.807, 2.05) is 0 Å². The third-order valence-electron chi connectivity index (χ3n) is 2.37. The molecule has 2 amide bonds. The van der Waals surface area contributed by atoms with Gasteiger partial charge in [-0.25, -0.2) is 9.97 Å². The van der Waals surface area contributed by atoms with Gasteiger partial charge in [-0.2, -0.15) is 0 Å².